The van der Waals surface area contributed by atoms with Gasteiger partial charge in [0.25, 0.3) is 0 Å². The first-order valence-electron chi connectivity index (χ1n) is 6.21. The minimum Gasteiger partial charge on any atom is -0.391 e. The molecule has 2 unspecified atom stereocenters. The Morgan fingerprint density at radius 3 is 2.94 bits per heavy atom. The fourth-order valence-corrected chi connectivity index (χ4v) is 2.46. The van der Waals surface area contributed by atoms with Gasteiger partial charge in [-0.2, -0.15) is 0 Å². The highest BCUT2D eigenvalue weighted by Gasteiger charge is 2.22. The van der Waals surface area contributed by atoms with Crippen LogP contribution in [0.5, 0.6) is 0 Å². The highest BCUT2D eigenvalue weighted by molar-refractivity contribution is 5.55. The number of hydrogen-bond acceptors (Lipinski definition) is 2. The summed E-state index contributed by atoms with van der Waals surface area (Å²) in [7, 11) is 0. The van der Waals surface area contributed by atoms with Crippen LogP contribution in [0.1, 0.15) is 25.8 Å². The van der Waals surface area contributed by atoms with E-state index in [4.69, 9.17) is 0 Å². The van der Waals surface area contributed by atoms with Crippen molar-refractivity contribution < 1.29 is 5.11 Å². The van der Waals surface area contributed by atoms with E-state index in [-0.39, 0.29) is 6.10 Å². The van der Waals surface area contributed by atoms with Crippen molar-refractivity contribution in [1.29, 1.82) is 0 Å². The summed E-state index contributed by atoms with van der Waals surface area (Å²) >= 11 is 0. The first-order valence-corrected chi connectivity index (χ1v) is 6.21. The summed E-state index contributed by atoms with van der Waals surface area (Å²) in [5.74, 6) is 0.680. The molecule has 0 aromatic heterocycles. The summed E-state index contributed by atoms with van der Waals surface area (Å²) in [6, 6.07) is 8.56. The molecule has 1 heterocycles. The van der Waals surface area contributed by atoms with E-state index < -0.39 is 0 Å². The van der Waals surface area contributed by atoms with Crippen molar-refractivity contribution in [3.63, 3.8) is 0 Å². The number of fused-ring (bicyclic) bond motifs is 1. The highest BCUT2D eigenvalue weighted by atomic mass is 16.3. The van der Waals surface area contributed by atoms with E-state index in [9.17, 15) is 5.11 Å². The van der Waals surface area contributed by atoms with Gasteiger partial charge in [0.15, 0.2) is 0 Å². The van der Waals surface area contributed by atoms with Crippen molar-refractivity contribution in [2.24, 2.45) is 5.92 Å². The Hall–Kier alpha value is -1.02. The predicted octanol–water partition coefficient (Wildman–Crippen LogP) is 2.46. The van der Waals surface area contributed by atoms with Crippen LogP contribution in [0.15, 0.2) is 24.3 Å². The lowest BCUT2D eigenvalue weighted by molar-refractivity contribution is 0.174. The van der Waals surface area contributed by atoms with E-state index in [1.165, 1.54) is 11.3 Å². The lowest BCUT2D eigenvalue weighted by Crippen LogP contribution is -2.39. The van der Waals surface area contributed by atoms with Gasteiger partial charge >= 0.3 is 0 Å². The summed E-state index contributed by atoms with van der Waals surface area (Å²) < 4.78 is 0. The Labute approximate surface area is 97.9 Å². The molecular weight excluding hydrogens is 198 g/mol. The normalized spacial score (nSPS) is 21.7. The first-order chi connectivity index (χ1) is 7.70. The number of anilines is 1. The Morgan fingerprint density at radius 2 is 2.19 bits per heavy atom. The van der Waals surface area contributed by atoms with E-state index in [2.05, 4.69) is 36.1 Å². The van der Waals surface area contributed by atoms with Crippen molar-refractivity contribution in [3.8, 4) is 0 Å². The molecule has 0 aliphatic carbocycles. The topological polar surface area (TPSA) is 23.5 Å². The molecule has 2 rings (SSSR count). The second kappa shape index (κ2) is 4.88. The van der Waals surface area contributed by atoms with E-state index in [0.29, 0.717) is 5.92 Å². The van der Waals surface area contributed by atoms with Gasteiger partial charge in [0, 0.05) is 18.8 Å². The number of para-hydroxylation sites is 1. The molecule has 0 saturated heterocycles. The second-order valence-corrected chi connectivity index (χ2v) is 4.91. The first kappa shape index (κ1) is 11.5. The van der Waals surface area contributed by atoms with E-state index >= 15 is 0 Å². The second-order valence-electron chi connectivity index (χ2n) is 4.91. The number of β-amino-alcohol motifs (C(OH)–C–C–N with tert-alkyl or cyclic N) is 1. The lowest BCUT2D eigenvalue weighted by Gasteiger charge is -2.36. The number of rotatable bonds is 3. The molecule has 1 aliphatic heterocycles. The zero-order chi connectivity index (χ0) is 11.5. The largest absolute Gasteiger partial charge is 0.391 e. The lowest BCUT2D eigenvalue weighted by atomic mass is 9.93. The van der Waals surface area contributed by atoms with Crippen LogP contribution in [0.2, 0.25) is 0 Å². The van der Waals surface area contributed by atoms with Crippen molar-refractivity contribution in [3.05, 3.63) is 29.8 Å². The van der Waals surface area contributed by atoms with Crippen molar-refractivity contribution in [2.75, 3.05) is 18.0 Å². The fourth-order valence-electron chi connectivity index (χ4n) is 2.46. The highest BCUT2D eigenvalue weighted by Crippen LogP contribution is 2.29. The summed E-state index contributed by atoms with van der Waals surface area (Å²) in [6.45, 7) is 6.14. The van der Waals surface area contributed by atoms with Gasteiger partial charge in [-0.15, -0.1) is 0 Å². The van der Waals surface area contributed by atoms with Crippen LogP contribution in [0.3, 0.4) is 0 Å². The summed E-state index contributed by atoms with van der Waals surface area (Å²) in [4.78, 5) is 2.33. The van der Waals surface area contributed by atoms with Crippen molar-refractivity contribution in [1.82, 2.24) is 0 Å². The Kier molecular flexibility index (Phi) is 3.49. The average Bonchev–Trinajstić information content (AvgIpc) is 2.28. The van der Waals surface area contributed by atoms with Crippen LogP contribution < -0.4 is 4.90 Å². The smallest absolute Gasteiger partial charge is 0.0712 e. The molecule has 1 aromatic carbocycles. The number of aliphatic hydroxyl groups is 1. The van der Waals surface area contributed by atoms with Gasteiger partial charge in [0.2, 0.25) is 0 Å². The third-order valence-corrected chi connectivity index (χ3v) is 3.34. The van der Waals surface area contributed by atoms with Crippen molar-refractivity contribution >= 4 is 5.69 Å². The maximum atomic E-state index is 9.78. The van der Waals surface area contributed by atoms with Crippen LogP contribution in [-0.4, -0.2) is 24.3 Å². The average molecular weight is 219 g/mol. The van der Waals surface area contributed by atoms with Gasteiger partial charge in [0.1, 0.15) is 0 Å². The van der Waals surface area contributed by atoms with Gasteiger partial charge < -0.3 is 10.0 Å². The maximum absolute atomic E-state index is 9.78. The molecule has 1 aromatic rings. The Bertz CT molecular complexity index is 350. The molecule has 2 nitrogen and oxygen atoms in total. The molecular formula is C14H21NO. The number of benzene rings is 1. The maximum Gasteiger partial charge on any atom is 0.0712 e. The van der Waals surface area contributed by atoms with E-state index in [1.54, 1.807) is 0 Å². The van der Waals surface area contributed by atoms with Gasteiger partial charge in [-0.05, 0) is 30.4 Å². The zero-order valence-electron chi connectivity index (χ0n) is 10.2. The summed E-state index contributed by atoms with van der Waals surface area (Å²) in [5, 5.41) is 9.78. The van der Waals surface area contributed by atoms with Gasteiger partial charge in [-0.25, -0.2) is 0 Å². The SMILES string of the molecule is CCC(O)CN1CC(C)Cc2ccccc21. The van der Waals surface area contributed by atoms with Crippen LogP contribution in [0.25, 0.3) is 0 Å². The van der Waals surface area contributed by atoms with Gasteiger partial charge in [-0.3, -0.25) is 0 Å². The molecule has 0 spiro atoms. The summed E-state index contributed by atoms with van der Waals surface area (Å²) in [5.41, 5.74) is 2.73. The number of nitrogens with zero attached hydrogens (tertiary/aromatic N) is 1. The fraction of sp³-hybridized carbons (Fsp3) is 0.571. The monoisotopic (exact) mass is 219 g/mol. The van der Waals surface area contributed by atoms with Crippen LogP contribution in [-0.2, 0) is 6.42 Å². The third kappa shape index (κ3) is 2.38. The molecule has 0 saturated carbocycles. The summed E-state index contributed by atoms with van der Waals surface area (Å²) in [6.07, 6.45) is 1.78. The van der Waals surface area contributed by atoms with Crippen LogP contribution in [0, 0.1) is 5.92 Å². The zero-order valence-corrected chi connectivity index (χ0v) is 10.2. The van der Waals surface area contributed by atoms with Gasteiger partial charge in [0.05, 0.1) is 6.10 Å². The molecule has 0 amide bonds. The molecule has 0 bridgehead atoms. The molecule has 16 heavy (non-hydrogen) atoms. The molecule has 2 heteroatoms. The standard InChI is InChI=1S/C14H21NO/c1-3-13(16)10-15-9-11(2)8-12-6-4-5-7-14(12)15/h4-7,11,13,16H,3,8-10H2,1-2H3. The molecule has 1 N–H and O–H groups in total. The predicted molar refractivity (Wildman–Crippen MR) is 67.8 cm³/mol. The van der Waals surface area contributed by atoms with Crippen molar-refractivity contribution in [2.45, 2.75) is 32.8 Å². The Morgan fingerprint density at radius 1 is 1.44 bits per heavy atom. The Balaban J connectivity index is 2.20. The minimum atomic E-state index is -0.210. The molecule has 0 radical (unpaired) electrons. The quantitative estimate of drug-likeness (QED) is 0.844. The van der Waals surface area contributed by atoms with E-state index in [1.807, 2.05) is 6.92 Å². The molecule has 0 fully saturated rings. The number of hydrogen-bond donors (Lipinski definition) is 1. The van der Waals surface area contributed by atoms with E-state index in [0.717, 1.165) is 25.9 Å². The molecule has 88 valence electrons. The van der Waals surface area contributed by atoms with Gasteiger partial charge in [-0.1, -0.05) is 32.0 Å². The minimum absolute atomic E-state index is 0.210. The number of aliphatic hydroxyl groups excluding tert-OH is 1. The van der Waals surface area contributed by atoms with Crippen LogP contribution in [0.4, 0.5) is 5.69 Å². The molecule has 1 aliphatic rings. The third-order valence-electron chi connectivity index (χ3n) is 3.34. The van der Waals surface area contributed by atoms with Crippen LogP contribution >= 0.6 is 0 Å². The molecule has 2 atom stereocenters.